The Hall–Kier alpha value is -0.240. The second-order valence-corrected chi connectivity index (χ2v) is 4.08. The average Bonchev–Trinajstić information content (AvgIpc) is 2.67. The largest absolute Gasteiger partial charge is 0.353 e. The molecule has 0 radical (unpaired) electrons. The number of rotatable bonds is 4. The Bertz CT molecular complexity index is 172. The van der Waals surface area contributed by atoms with Gasteiger partial charge in [0.05, 0.1) is 0 Å². The Morgan fingerprint density at radius 2 is 2.33 bits per heavy atom. The first-order chi connectivity index (χ1) is 5.65. The van der Waals surface area contributed by atoms with Gasteiger partial charge in [-0.05, 0) is 25.7 Å². The van der Waals surface area contributed by atoms with E-state index in [2.05, 4.69) is 12.2 Å². The van der Waals surface area contributed by atoms with Crippen LogP contribution in [0.1, 0.15) is 26.7 Å². The predicted molar refractivity (Wildman–Crippen MR) is 50.2 cm³/mol. The van der Waals surface area contributed by atoms with E-state index < -0.39 is 0 Å². The van der Waals surface area contributed by atoms with Crippen LogP contribution in [-0.2, 0) is 4.79 Å². The first-order valence-electron chi connectivity index (χ1n) is 4.51. The van der Waals surface area contributed by atoms with E-state index in [4.69, 9.17) is 11.6 Å². The average molecular weight is 190 g/mol. The molecule has 0 bridgehead atoms. The number of hydrogen-bond donors (Lipinski definition) is 1. The molecule has 12 heavy (non-hydrogen) atoms. The number of amides is 1. The van der Waals surface area contributed by atoms with E-state index in [1.54, 1.807) is 0 Å². The Kier molecular flexibility index (Phi) is 3.39. The van der Waals surface area contributed by atoms with Crippen LogP contribution in [0.3, 0.4) is 0 Å². The minimum Gasteiger partial charge on any atom is -0.353 e. The second-order valence-electron chi connectivity index (χ2n) is 3.71. The van der Waals surface area contributed by atoms with Crippen LogP contribution < -0.4 is 5.32 Å². The summed E-state index contributed by atoms with van der Waals surface area (Å²) in [6.07, 6.45) is 1.91. The quantitative estimate of drug-likeness (QED) is 0.672. The molecule has 3 unspecified atom stereocenters. The minimum atomic E-state index is 0.208. The fourth-order valence-electron chi connectivity index (χ4n) is 1.27. The predicted octanol–water partition coefficient (Wildman–Crippen LogP) is 1.78. The Morgan fingerprint density at radius 1 is 1.75 bits per heavy atom. The summed E-state index contributed by atoms with van der Waals surface area (Å²) in [5.41, 5.74) is 0. The molecule has 2 nitrogen and oxygen atoms in total. The molecule has 0 saturated heterocycles. The lowest BCUT2D eigenvalue weighted by atomic mass is 10.2. The summed E-state index contributed by atoms with van der Waals surface area (Å²) in [4.78, 5) is 11.3. The molecule has 1 amide bonds. The van der Waals surface area contributed by atoms with Gasteiger partial charge in [-0.25, -0.2) is 0 Å². The van der Waals surface area contributed by atoms with Crippen molar-refractivity contribution in [3.8, 4) is 0 Å². The van der Waals surface area contributed by atoms with Gasteiger partial charge in [0, 0.05) is 17.8 Å². The standard InChI is InChI=1S/C9H16ClNO/c1-6-5-8(6)9(12)11-7(2)3-4-10/h6-8H,3-5H2,1-2H3,(H,11,12). The highest BCUT2D eigenvalue weighted by atomic mass is 35.5. The number of carbonyl (C=O) groups is 1. The van der Waals surface area contributed by atoms with Crippen molar-refractivity contribution in [1.29, 1.82) is 0 Å². The lowest BCUT2D eigenvalue weighted by molar-refractivity contribution is -0.123. The number of nitrogens with one attached hydrogen (secondary N) is 1. The summed E-state index contributed by atoms with van der Waals surface area (Å²) < 4.78 is 0. The lowest BCUT2D eigenvalue weighted by Gasteiger charge is -2.11. The highest BCUT2D eigenvalue weighted by Gasteiger charge is 2.39. The second kappa shape index (κ2) is 4.13. The number of carbonyl (C=O) groups excluding carboxylic acids is 1. The third-order valence-electron chi connectivity index (χ3n) is 2.38. The molecule has 0 aliphatic heterocycles. The summed E-state index contributed by atoms with van der Waals surface area (Å²) in [7, 11) is 0. The molecule has 0 aromatic rings. The maximum Gasteiger partial charge on any atom is 0.223 e. The Labute approximate surface area is 78.7 Å². The van der Waals surface area contributed by atoms with Gasteiger partial charge in [0.1, 0.15) is 0 Å². The smallest absolute Gasteiger partial charge is 0.223 e. The molecule has 1 rings (SSSR count). The molecular formula is C9H16ClNO. The van der Waals surface area contributed by atoms with Crippen molar-refractivity contribution >= 4 is 17.5 Å². The molecular weight excluding hydrogens is 174 g/mol. The van der Waals surface area contributed by atoms with Gasteiger partial charge in [-0.2, -0.15) is 0 Å². The van der Waals surface area contributed by atoms with Gasteiger partial charge in [0.25, 0.3) is 0 Å². The molecule has 3 atom stereocenters. The Morgan fingerprint density at radius 3 is 2.75 bits per heavy atom. The third kappa shape index (κ3) is 2.67. The zero-order valence-corrected chi connectivity index (χ0v) is 8.40. The summed E-state index contributed by atoms with van der Waals surface area (Å²) >= 11 is 5.55. The van der Waals surface area contributed by atoms with Crippen LogP contribution in [0.25, 0.3) is 0 Å². The van der Waals surface area contributed by atoms with Crippen LogP contribution >= 0.6 is 11.6 Å². The third-order valence-corrected chi connectivity index (χ3v) is 2.60. The van der Waals surface area contributed by atoms with E-state index in [9.17, 15) is 4.79 Å². The first kappa shape index (κ1) is 9.85. The van der Waals surface area contributed by atoms with Crippen molar-refractivity contribution in [3.63, 3.8) is 0 Å². The molecule has 0 aromatic carbocycles. The molecule has 1 aliphatic rings. The molecule has 0 aromatic heterocycles. The van der Waals surface area contributed by atoms with E-state index >= 15 is 0 Å². The maximum atomic E-state index is 11.3. The lowest BCUT2D eigenvalue weighted by Crippen LogP contribution is -2.34. The van der Waals surface area contributed by atoms with Gasteiger partial charge < -0.3 is 5.32 Å². The molecule has 70 valence electrons. The van der Waals surface area contributed by atoms with Crippen LogP contribution in [0.4, 0.5) is 0 Å². The molecule has 1 aliphatic carbocycles. The molecule has 1 fully saturated rings. The maximum absolute atomic E-state index is 11.3. The van der Waals surface area contributed by atoms with Crippen molar-refractivity contribution in [1.82, 2.24) is 5.32 Å². The van der Waals surface area contributed by atoms with Gasteiger partial charge >= 0.3 is 0 Å². The molecule has 3 heteroatoms. The van der Waals surface area contributed by atoms with Gasteiger partial charge in [0.2, 0.25) is 5.91 Å². The van der Waals surface area contributed by atoms with Crippen LogP contribution in [0.2, 0.25) is 0 Å². The monoisotopic (exact) mass is 189 g/mol. The topological polar surface area (TPSA) is 29.1 Å². The van der Waals surface area contributed by atoms with Crippen molar-refractivity contribution in [2.45, 2.75) is 32.7 Å². The number of halogens is 1. The molecule has 0 spiro atoms. The number of alkyl halides is 1. The number of hydrogen-bond acceptors (Lipinski definition) is 1. The van der Waals surface area contributed by atoms with Crippen molar-refractivity contribution < 1.29 is 4.79 Å². The highest BCUT2D eigenvalue weighted by Crippen LogP contribution is 2.37. The van der Waals surface area contributed by atoms with Gasteiger partial charge in [-0.15, -0.1) is 11.6 Å². The van der Waals surface area contributed by atoms with Gasteiger partial charge in [-0.3, -0.25) is 4.79 Å². The highest BCUT2D eigenvalue weighted by molar-refractivity contribution is 6.17. The van der Waals surface area contributed by atoms with Crippen molar-refractivity contribution in [2.75, 3.05) is 5.88 Å². The molecule has 1 N–H and O–H groups in total. The zero-order chi connectivity index (χ0) is 9.14. The van der Waals surface area contributed by atoms with Crippen molar-refractivity contribution in [3.05, 3.63) is 0 Å². The van der Waals surface area contributed by atoms with Crippen LogP contribution in [0, 0.1) is 11.8 Å². The van der Waals surface area contributed by atoms with Gasteiger partial charge in [-0.1, -0.05) is 6.92 Å². The van der Waals surface area contributed by atoms with Crippen LogP contribution in [0.5, 0.6) is 0 Å². The fraction of sp³-hybridized carbons (Fsp3) is 0.889. The van der Waals surface area contributed by atoms with E-state index in [0.29, 0.717) is 11.8 Å². The minimum absolute atomic E-state index is 0.208. The summed E-state index contributed by atoms with van der Waals surface area (Å²) in [5.74, 6) is 1.69. The van der Waals surface area contributed by atoms with Gasteiger partial charge in [0.15, 0.2) is 0 Å². The zero-order valence-electron chi connectivity index (χ0n) is 7.64. The Balaban J connectivity index is 2.17. The van der Waals surface area contributed by atoms with Crippen LogP contribution in [0.15, 0.2) is 0 Å². The first-order valence-corrected chi connectivity index (χ1v) is 5.05. The SMILES string of the molecule is CC(CCCl)NC(=O)C1CC1C. The molecule has 0 heterocycles. The van der Waals surface area contributed by atoms with E-state index in [0.717, 1.165) is 12.8 Å². The fourth-order valence-corrected chi connectivity index (χ4v) is 1.60. The summed E-state index contributed by atoms with van der Waals surface area (Å²) in [6.45, 7) is 4.10. The van der Waals surface area contributed by atoms with E-state index in [1.807, 2.05) is 6.92 Å². The molecule has 1 saturated carbocycles. The van der Waals surface area contributed by atoms with E-state index in [-0.39, 0.29) is 17.9 Å². The summed E-state index contributed by atoms with van der Waals surface area (Å²) in [5, 5.41) is 2.95. The normalized spacial score (nSPS) is 29.6. The van der Waals surface area contributed by atoms with E-state index in [1.165, 1.54) is 0 Å². The summed E-state index contributed by atoms with van der Waals surface area (Å²) in [6, 6.07) is 0.225. The van der Waals surface area contributed by atoms with Crippen LogP contribution in [-0.4, -0.2) is 17.8 Å². The van der Waals surface area contributed by atoms with Crippen molar-refractivity contribution in [2.24, 2.45) is 11.8 Å².